The van der Waals surface area contributed by atoms with Crippen LogP contribution in [-0.4, -0.2) is 26.0 Å². The standard InChI is InChI=1S/C14H21N5O/c1-4-11(15)7-13-14(6-5-10(2)16-13)20-9-12-8-19(3)18-17-12/h5-6,8,11H,4,7,9,15H2,1-3H3. The molecule has 1 atom stereocenters. The number of aryl methyl sites for hydroxylation is 2. The maximum atomic E-state index is 6.01. The molecule has 0 radical (unpaired) electrons. The molecule has 0 saturated carbocycles. The van der Waals surface area contributed by atoms with Gasteiger partial charge in [0.15, 0.2) is 0 Å². The van der Waals surface area contributed by atoms with Crippen LogP contribution in [0, 0.1) is 6.92 Å². The van der Waals surface area contributed by atoms with Crippen LogP contribution in [0.2, 0.25) is 0 Å². The maximum Gasteiger partial charge on any atom is 0.141 e. The highest BCUT2D eigenvalue weighted by Gasteiger charge is 2.11. The fourth-order valence-corrected chi connectivity index (χ4v) is 1.88. The number of hydrogen-bond acceptors (Lipinski definition) is 5. The van der Waals surface area contributed by atoms with Gasteiger partial charge in [0.05, 0.1) is 11.9 Å². The highest BCUT2D eigenvalue weighted by Crippen LogP contribution is 2.20. The van der Waals surface area contributed by atoms with Gasteiger partial charge in [0.1, 0.15) is 18.1 Å². The van der Waals surface area contributed by atoms with E-state index in [1.54, 1.807) is 4.68 Å². The first-order valence-electron chi connectivity index (χ1n) is 6.78. The van der Waals surface area contributed by atoms with Crippen molar-refractivity contribution in [2.24, 2.45) is 12.8 Å². The SMILES string of the molecule is CCC(N)Cc1nc(C)ccc1OCc1cn(C)nn1. The zero-order valence-electron chi connectivity index (χ0n) is 12.2. The molecule has 0 spiro atoms. The Labute approximate surface area is 119 Å². The van der Waals surface area contributed by atoms with Crippen molar-refractivity contribution in [2.75, 3.05) is 0 Å². The number of rotatable bonds is 6. The van der Waals surface area contributed by atoms with Gasteiger partial charge in [0.2, 0.25) is 0 Å². The molecule has 0 aliphatic carbocycles. The molecular formula is C14H21N5O. The molecule has 1 unspecified atom stereocenters. The summed E-state index contributed by atoms with van der Waals surface area (Å²) < 4.78 is 7.46. The third-order valence-electron chi connectivity index (χ3n) is 3.08. The molecule has 2 heterocycles. The Kier molecular flexibility index (Phi) is 4.68. The van der Waals surface area contributed by atoms with Crippen LogP contribution in [0.25, 0.3) is 0 Å². The number of pyridine rings is 1. The zero-order chi connectivity index (χ0) is 14.5. The highest BCUT2D eigenvalue weighted by atomic mass is 16.5. The molecule has 2 aromatic heterocycles. The average molecular weight is 275 g/mol. The second kappa shape index (κ2) is 6.47. The smallest absolute Gasteiger partial charge is 0.141 e. The van der Waals surface area contributed by atoms with E-state index in [9.17, 15) is 0 Å². The second-order valence-corrected chi connectivity index (χ2v) is 4.94. The Morgan fingerprint density at radius 2 is 2.20 bits per heavy atom. The van der Waals surface area contributed by atoms with Crippen molar-refractivity contribution in [2.45, 2.75) is 39.3 Å². The van der Waals surface area contributed by atoms with E-state index in [1.165, 1.54) is 0 Å². The molecule has 20 heavy (non-hydrogen) atoms. The molecule has 0 aliphatic heterocycles. The van der Waals surface area contributed by atoms with Crippen molar-refractivity contribution in [1.29, 1.82) is 0 Å². The van der Waals surface area contributed by atoms with E-state index < -0.39 is 0 Å². The van der Waals surface area contributed by atoms with Crippen LogP contribution in [0.4, 0.5) is 0 Å². The lowest BCUT2D eigenvalue weighted by atomic mass is 10.1. The van der Waals surface area contributed by atoms with Gasteiger partial charge in [0, 0.05) is 25.2 Å². The van der Waals surface area contributed by atoms with E-state index in [2.05, 4.69) is 22.2 Å². The summed E-state index contributed by atoms with van der Waals surface area (Å²) in [6.07, 6.45) is 3.46. The average Bonchev–Trinajstić information content (AvgIpc) is 2.83. The molecule has 0 saturated heterocycles. The van der Waals surface area contributed by atoms with Gasteiger partial charge in [-0.2, -0.15) is 0 Å². The number of ether oxygens (including phenoxy) is 1. The topological polar surface area (TPSA) is 78.9 Å². The first-order chi connectivity index (χ1) is 9.58. The maximum absolute atomic E-state index is 6.01. The molecule has 6 nitrogen and oxygen atoms in total. The van der Waals surface area contributed by atoms with Crippen LogP contribution in [0.15, 0.2) is 18.3 Å². The van der Waals surface area contributed by atoms with Gasteiger partial charge in [-0.25, -0.2) is 0 Å². The molecular weight excluding hydrogens is 254 g/mol. The third-order valence-corrected chi connectivity index (χ3v) is 3.08. The monoisotopic (exact) mass is 275 g/mol. The molecule has 2 N–H and O–H groups in total. The molecule has 6 heteroatoms. The van der Waals surface area contributed by atoms with E-state index in [1.807, 2.05) is 32.3 Å². The van der Waals surface area contributed by atoms with E-state index in [4.69, 9.17) is 10.5 Å². The fraction of sp³-hybridized carbons (Fsp3) is 0.500. The van der Waals surface area contributed by atoms with Crippen molar-refractivity contribution >= 4 is 0 Å². The van der Waals surface area contributed by atoms with Crippen molar-refractivity contribution < 1.29 is 4.74 Å². The summed E-state index contributed by atoms with van der Waals surface area (Å²) in [6.45, 7) is 4.42. The summed E-state index contributed by atoms with van der Waals surface area (Å²) in [5.74, 6) is 0.769. The van der Waals surface area contributed by atoms with Crippen molar-refractivity contribution in [3.63, 3.8) is 0 Å². The van der Waals surface area contributed by atoms with Crippen LogP contribution in [0.1, 0.15) is 30.4 Å². The van der Waals surface area contributed by atoms with Crippen LogP contribution < -0.4 is 10.5 Å². The van der Waals surface area contributed by atoms with Crippen LogP contribution >= 0.6 is 0 Å². The molecule has 0 amide bonds. The summed E-state index contributed by atoms with van der Waals surface area (Å²) in [7, 11) is 1.83. The van der Waals surface area contributed by atoms with Gasteiger partial charge in [0.25, 0.3) is 0 Å². The van der Waals surface area contributed by atoms with Crippen LogP contribution in [0.5, 0.6) is 5.75 Å². The molecule has 2 rings (SSSR count). The Morgan fingerprint density at radius 3 is 2.85 bits per heavy atom. The number of nitrogens with zero attached hydrogens (tertiary/aromatic N) is 4. The predicted molar refractivity (Wildman–Crippen MR) is 76.3 cm³/mol. The van der Waals surface area contributed by atoms with E-state index in [0.29, 0.717) is 13.0 Å². The van der Waals surface area contributed by atoms with Gasteiger partial charge >= 0.3 is 0 Å². The van der Waals surface area contributed by atoms with Gasteiger partial charge in [-0.15, -0.1) is 5.10 Å². The van der Waals surface area contributed by atoms with Gasteiger partial charge < -0.3 is 10.5 Å². The Bertz CT molecular complexity index is 566. The number of aromatic nitrogens is 4. The van der Waals surface area contributed by atoms with Gasteiger partial charge in [-0.3, -0.25) is 9.67 Å². The molecule has 0 fully saturated rings. The first kappa shape index (κ1) is 14.5. The lowest BCUT2D eigenvalue weighted by molar-refractivity contribution is 0.295. The highest BCUT2D eigenvalue weighted by molar-refractivity contribution is 5.30. The molecule has 0 aromatic carbocycles. The van der Waals surface area contributed by atoms with E-state index >= 15 is 0 Å². The summed E-state index contributed by atoms with van der Waals surface area (Å²) in [5, 5.41) is 7.88. The Morgan fingerprint density at radius 1 is 1.40 bits per heavy atom. The minimum atomic E-state index is 0.100. The minimum absolute atomic E-state index is 0.100. The first-order valence-corrected chi connectivity index (χ1v) is 6.78. The summed E-state index contributed by atoms with van der Waals surface area (Å²) >= 11 is 0. The molecule has 2 aromatic rings. The largest absolute Gasteiger partial charge is 0.485 e. The quantitative estimate of drug-likeness (QED) is 0.861. The lowest BCUT2D eigenvalue weighted by Gasteiger charge is -2.13. The molecule has 0 bridgehead atoms. The Hall–Kier alpha value is -1.95. The molecule has 0 aliphatic rings. The summed E-state index contributed by atoms with van der Waals surface area (Å²) in [4.78, 5) is 4.53. The molecule has 108 valence electrons. The van der Waals surface area contributed by atoms with Gasteiger partial charge in [-0.1, -0.05) is 12.1 Å². The minimum Gasteiger partial charge on any atom is -0.485 e. The summed E-state index contributed by atoms with van der Waals surface area (Å²) in [6, 6.07) is 3.98. The number of nitrogens with two attached hydrogens (primary N) is 1. The van der Waals surface area contributed by atoms with Crippen molar-refractivity contribution in [1.82, 2.24) is 20.0 Å². The van der Waals surface area contributed by atoms with Crippen LogP contribution in [0.3, 0.4) is 0 Å². The van der Waals surface area contributed by atoms with Crippen molar-refractivity contribution in [3.8, 4) is 5.75 Å². The van der Waals surface area contributed by atoms with E-state index in [-0.39, 0.29) is 6.04 Å². The van der Waals surface area contributed by atoms with Gasteiger partial charge in [-0.05, 0) is 25.5 Å². The predicted octanol–water partition coefficient (Wildman–Crippen LogP) is 1.38. The van der Waals surface area contributed by atoms with E-state index in [0.717, 1.165) is 29.3 Å². The lowest BCUT2D eigenvalue weighted by Crippen LogP contribution is -2.22. The third kappa shape index (κ3) is 3.77. The second-order valence-electron chi connectivity index (χ2n) is 4.94. The zero-order valence-corrected chi connectivity index (χ0v) is 12.2. The summed E-state index contributed by atoms with van der Waals surface area (Å²) in [5.41, 5.74) is 8.68. The number of hydrogen-bond donors (Lipinski definition) is 1. The fourth-order valence-electron chi connectivity index (χ4n) is 1.88. The normalized spacial score (nSPS) is 12.4. The Balaban J connectivity index is 2.09. The van der Waals surface area contributed by atoms with Crippen LogP contribution in [-0.2, 0) is 20.1 Å². The van der Waals surface area contributed by atoms with Crippen molar-refractivity contribution in [3.05, 3.63) is 35.4 Å².